The standard InChI is InChI=1S/C7H7NO2.C5H5N.C2H4O2/c9-7(10)5-6-3-1-2-4-8-6;1-2-4-6-5-3-1;1-2(3)4/h1-4H,5H2,(H,9,10);1-5H;1H3,(H,3,4). The first-order chi connectivity index (χ1) is 9.52. The van der Waals surface area contributed by atoms with Crippen molar-refractivity contribution in [2.45, 2.75) is 13.3 Å². The molecule has 2 N–H and O–H groups in total. The number of aliphatic carboxylic acids is 2. The quantitative estimate of drug-likeness (QED) is 0.868. The van der Waals surface area contributed by atoms with Crippen LogP contribution in [0.2, 0.25) is 0 Å². The van der Waals surface area contributed by atoms with E-state index in [0.29, 0.717) is 5.69 Å². The number of aromatic nitrogens is 2. The summed E-state index contributed by atoms with van der Waals surface area (Å²) in [7, 11) is 0. The van der Waals surface area contributed by atoms with Crippen molar-refractivity contribution in [2.24, 2.45) is 0 Å². The first kappa shape index (κ1) is 17.2. The van der Waals surface area contributed by atoms with Gasteiger partial charge in [0.15, 0.2) is 0 Å². The Kier molecular flexibility index (Phi) is 9.77. The number of carboxylic acids is 2. The zero-order valence-corrected chi connectivity index (χ0v) is 11.0. The first-order valence-electron chi connectivity index (χ1n) is 5.68. The molecule has 0 aliphatic rings. The van der Waals surface area contributed by atoms with Crippen molar-refractivity contribution in [1.29, 1.82) is 0 Å². The Morgan fingerprint density at radius 3 is 1.85 bits per heavy atom. The molecule has 0 saturated heterocycles. The molecule has 0 radical (unpaired) electrons. The molecule has 6 heteroatoms. The third kappa shape index (κ3) is 13.3. The summed E-state index contributed by atoms with van der Waals surface area (Å²) in [6.45, 7) is 1.08. The molecule has 20 heavy (non-hydrogen) atoms. The van der Waals surface area contributed by atoms with Crippen LogP contribution in [0.4, 0.5) is 0 Å². The number of hydrogen-bond donors (Lipinski definition) is 2. The van der Waals surface area contributed by atoms with Gasteiger partial charge in [-0.15, -0.1) is 0 Å². The van der Waals surface area contributed by atoms with E-state index in [1.54, 1.807) is 36.8 Å². The van der Waals surface area contributed by atoms with E-state index >= 15 is 0 Å². The number of carboxylic acid groups (broad SMARTS) is 2. The summed E-state index contributed by atoms with van der Waals surface area (Å²) in [5.41, 5.74) is 0.593. The molecular weight excluding hydrogens is 260 g/mol. The average Bonchev–Trinajstić information content (AvgIpc) is 2.41. The van der Waals surface area contributed by atoms with Crippen LogP contribution in [0, 0.1) is 0 Å². The molecule has 2 rings (SSSR count). The van der Waals surface area contributed by atoms with Gasteiger partial charge in [-0.3, -0.25) is 19.6 Å². The van der Waals surface area contributed by atoms with Crippen LogP contribution in [0.25, 0.3) is 0 Å². The number of pyridine rings is 2. The van der Waals surface area contributed by atoms with E-state index in [-0.39, 0.29) is 6.42 Å². The van der Waals surface area contributed by atoms with Crippen molar-refractivity contribution in [1.82, 2.24) is 9.97 Å². The lowest BCUT2D eigenvalue weighted by Crippen LogP contribution is -2.01. The maximum Gasteiger partial charge on any atom is 0.309 e. The summed E-state index contributed by atoms with van der Waals surface area (Å²) < 4.78 is 0. The number of rotatable bonds is 2. The monoisotopic (exact) mass is 276 g/mol. The molecule has 2 aromatic rings. The molecular formula is C14H16N2O4. The summed E-state index contributed by atoms with van der Waals surface area (Å²) in [5.74, 6) is -1.68. The van der Waals surface area contributed by atoms with Gasteiger partial charge in [0.05, 0.1) is 12.1 Å². The van der Waals surface area contributed by atoms with Gasteiger partial charge < -0.3 is 10.2 Å². The minimum Gasteiger partial charge on any atom is -0.481 e. The summed E-state index contributed by atoms with van der Waals surface area (Å²) in [4.78, 5) is 26.8. The van der Waals surface area contributed by atoms with Crippen molar-refractivity contribution in [2.75, 3.05) is 0 Å². The third-order valence-electron chi connectivity index (χ3n) is 1.62. The molecule has 0 unspecified atom stereocenters. The highest BCUT2D eigenvalue weighted by molar-refractivity contribution is 5.69. The average molecular weight is 276 g/mol. The molecule has 0 saturated carbocycles. The molecule has 0 aliphatic heterocycles. The summed E-state index contributed by atoms with van der Waals surface area (Å²) in [6, 6.07) is 10.9. The predicted octanol–water partition coefficient (Wildman–Crippen LogP) is 1.88. The summed E-state index contributed by atoms with van der Waals surface area (Å²) in [6.07, 6.45) is 5.08. The maximum absolute atomic E-state index is 10.1. The van der Waals surface area contributed by atoms with Crippen LogP contribution >= 0.6 is 0 Å². The van der Waals surface area contributed by atoms with Crippen LogP contribution in [0.5, 0.6) is 0 Å². The fourth-order valence-electron chi connectivity index (χ4n) is 0.970. The lowest BCUT2D eigenvalue weighted by molar-refractivity contribution is -0.136. The van der Waals surface area contributed by atoms with Crippen molar-refractivity contribution in [3.05, 3.63) is 60.7 Å². The van der Waals surface area contributed by atoms with Gasteiger partial charge >= 0.3 is 5.97 Å². The van der Waals surface area contributed by atoms with Crippen molar-refractivity contribution >= 4 is 11.9 Å². The Balaban J connectivity index is 0.000000307. The Bertz CT molecular complexity index is 458. The third-order valence-corrected chi connectivity index (χ3v) is 1.62. The Morgan fingerprint density at radius 2 is 1.55 bits per heavy atom. The molecule has 0 amide bonds. The fraction of sp³-hybridized carbons (Fsp3) is 0.143. The van der Waals surface area contributed by atoms with E-state index in [1.165, 1.54) is 0 Å². The normalized spacial score (nSPS) is 8.25. The summed E-state index contributed by atoms with van der Waals surface area (Å²) >= 11 is 0. The summed E-state index contributed by atoms with van der Waals surface area (Å²) in [5, 5.41) is 15.7. The van der Waals surface area contributed by atoms with Crippen LogP contribution in [0.15, 0.2) is 55.0 Å². The van der Waals surface area contributed by atoms with E-state index in [1.807, 2.05) is 18.2 Å². The SMILES string of the molecule is CC(=O)O.O=C(O)Cc1ccccn1.c1ccncc1. The Morgan fingerprint density at radius 1 is 1.00 bits per heavy atom. The van der Waals surface area contributed by atoms with Gasteiger partial charge in [0.2, 0.25) is 0 Å². The minimum atomic E-state index is -0.848. The van der Waals surface area contributed by atoms with Gasteiger partial charge in [0.1, 0.15) is 0 Å². The fourth-order valence-corrected chi connectivity index (χ4v) is 0.970. The van der Waals surface area contributed by atoms with Gasteiger partial charge in [-0.25, -0.2) is 0 Å². The van der Waals surface area contributed by atoms with E-state index in [0.717, 1.165) is 6.92 Å². The zero-order valence-electron chi connectivity index (χ0n) is 11.0. The van der Waals surface area contributed by atoms with Crippen molar-refractivity contribution in [3.8, 4) is 0 Å². The van der Waals surface area contributed by atoms with Crippen LogP contribution in [0.1, 0.15) is 12.6 Å². The van der Waals surface area contributed by atoms with Gasteiger partial charge in [-0.2, -0.15) is 0 Å². The highest BCUT2D eigenvalue weighted by Gasteiger charge is 1.98. The lowest BCUT2D eigenvalue weighted by Gasteiger charge is -1.91. The zero-order chi connectivity index (χ0) is 15.2. The molecule has 0 bridgehead atoms. The van der Waals surface area contributed by atoms with Gasteiger partial charge in [-0.1, -0.05) is 12.1 Å². The topological polar surface area (TPSA) is 100 Å². The minimum absolute atomic E-state index is 0.000833. The molecule has 0 fully saturated rings. The van der Waals surface area contributed by atoms with Gasteiger partial charge in [0, 0.05) is 25.5 Å². The van der Waals surface area contributed by atoms with Crippen molar-refractivity contribution < 1.29 is 19.8 Å². The molecule has 0 aliphatic carbocycles. The molecule has 0 aromatic carbocycles. The van der Waals surface area contributed by atoms with Crippen LogP contribution in [-0.2, 0) is 16.0 Å². The molecule has 2 aromatic heterocycles. The first-order valence-corrected chi connectivity index (χ1v) is 5.68. The number of nitrogens with zero attached hydrogens (tertiary/aromatic N) is 2. The number of carbonyl (C=O) groups is 2. The lowest BCUT2D eigenvalue weighted by atomic mass is 10.3. The highest BCUT2D eigenvalue weighted by Crippen LogP contribution is 1.93. The predicted molar refractivity (Wildman–Crippen MR) is 73.1 cm³/mol. The molecule has 6 nitrogen and oxygen atoms in total. The smallest absolute Gasteiger partial charge is 0.309 e. The largest absolute Gasteiger partial charge is 0.481 e. The second-order valence-corrected chi connectivity index (χ2v) is 3.44. The van der Waals surface area contributed by atoms with Crippen LogP contribution < -0.4 is 0 Å². The molecule has 0 atom stereocenters. The second kappa shape index (κ2) is 11.3. The van der Waals surface area contributed by atoms with Crippen LogP contribution in [0.3, 0.4) is 0 Å². The highest BCUT2D eigenvalue weighted by atomic mass is 16.4. The molecule has 2 heterocycles. The van der Waals surface area contributed by atoms with E-state index < -0.39 is 11.9 Å². The second-order valence-electron chi connectivity index (χ2n) is 3.44. The molecule has 106 valence electrons. The Labute approximate surface area is 116 Å². The van der Waals surface area contributed by atoms with E-state index in [4.69, 9.17) is 15.0 Å². The number of hydrogen-bond acceptors (Lipinski definition) is 4. The maximum atomic E-state index is 10.1. The molecule has 0 spiro atoms. The van der Waals surface area contributed by atoms with Crippen molar-refractivity contribution in [3.63, 3.8) is 0 Å². The van der Waals surface area contributed by atoms with E-state index in [9.17, 15) is 4.79 Å². The van der Waals surface area contributed by atoms with Gasteiger partial charge in [-0.05, 0) is 24.3 Å². The van der Waals surface area contributed by atoms with Crippen LogP contribution in [-0.4, -0.2) is 32.1 Å². The van der Waals surface area contributed by atoms with Gasteiger partial charge in [0.25, 0.3) is 5.97 Å². The Hall–Kier alpha value is -2.76. The van der Waals surface area contributed by atoms with E-state index in [2.05, 4.69) is 9.97 Å².